The van der Waals surface area contributed by atoms with Crippen molar-refractivity contribution in [3.05, 3.63) is 0 Å². The molecule has 0 aromatic rings. The fourth-order valence-corrected chi connectivity index (χ4v) is 246. The molecule has 202 valence electrons. The molecule has 0 heterocycles. The van der Waals surface area contributed by atoms with E-state index in [0.717, 1.165) is 0 Å². The van der Waals surface area contributed by atoms with Gasteiger partial charge in [-0.25, -0.2) is 0 Å². The summed E-state index contributed by atoms with van der Waals surface area (Å²) < 4.78 is 254. The molecule has 0 unspecified atom stereocenters. The van der Waals surface area contributed by atoms with Crippen molar-refractivity contribution in [1.29, 1.82) is 0 Å². The van der Waals surface area contributed by atoms with Gasteiger partial charge in [-0.05, 0) is 0 Å². The Kier molecular flexibility index (Phi) is 5.27. The van der Waals surface area contributed by atoms with E-state index in [1.54, 1.807) is 0 Å². The molecule has 33 heavy (non-hydrogen) atoms. The van der Waals surface area contributed by atoms with E-state index in [9.17, 15) is 104 Å². The standard InChI is InChI=1S/8HO3S.Zn/c8*1-4(2)3;/h8*(H,1,2,3);. The van der Waals surface area contributed by atoms with Crippen molar-refractivity contribution in [2.24, 2.45) is 0 Å². The molecule has 24 nitrogen and oxygen atoms in total. The second-order valence-corrected chi connectivity index (χ2v) is 205. The molecule has 0 aliphatic rings. The van der Waals surface area contributed by atoms with Gasteiger partial charge < -0.3 is 0 Å². The van der Waals surface area contributed by atoms with E-state index in [1.165, 1.54) is 0 Å². The van der Waals surface area contributed by atoms with Crippen LogP contribution < -0.4 is 0 Å². The zero-order valence-electron chi connectivity index (χ0n) is 14.1. The van der Waals surface area contributed by atoms with E-state index in [2.05, 4.69) is 0 Å². The second kappa shape index (κ2) is 5.29. The number of hydrogen-bond donors (Lipinski definition) is 8. The minimum absolute atomic E-state index is 9.36. The molecule has 0 aromatic carbocycles. The van der Waals surface area contributed by atoms with Crippen molar-refractivity contribution in [2.45, 2.75) is 0 Å². The zero-order valence-corrected chi connectivity index (χ0v) is 23.6. The summed E-state index contributed by atoms with van der Waals surface area (Å²) in [6.45, 7) is 0. The first-order valence-corrected chi connectivity index (χ1v) is 48.4. The van der Waals surface area contributed by atoms with E-state index in [4.69, 9.17) is 0 Å². The van der Waals surface area contributed by atoms with Crippen molar-refractivity contribution in [3.63, 3.8) is 0 Å². The van der Waals surface area contributed by atoms with Crippen LogP contribution in [0, 0.1) is 0 Å². The van der Waals surface area contributed by atoms with Crippen LogP contribution in [0.3, 0.4) is 0 Å². The van der Waals surface area contributed by atoms with E-state index in [1.807, 2.05) is 0 Å². The number of hydrogen-bond acceptors (Lipinski definition) is 16. The molecule has 0 saturated carbocycles. The first-order chi connectivity index (χ1) is 13.4. The van der Waals surface area contributed by atoms with Crippen molar-refractivity contribution >= 4 is 64.9 Å². The Morgan fingerprint density at radius 2 is 0.303 bits per heavy atom. The number of rotatable bonds is 8. The molecule has 0 spiro atoms. The molecule has 33 heteroatoms. The summed E-state index contributed by atoms with van der Waals surface area (Å²) in [6.07, 6.45) is 0. The van der Waals surface area contributed by atoms with Gasteiger partial charge >= 0.3 is 169 Å². The van der Waals surface area contributed by atoms with E-state index in [-0.39, 0.29) is 0 Å². The third-order valence-electron chi connectivity index (χ3n) is 8.34. The van der Waals surface area contributed by atoms with Gasteiger partial charge in [0.25, 0.3) is 0 Å². The van der Waals surface area contributed by atoms with Crippen LogP contribution in [0.2, 0.25) is 0 Å². The first kappa shape index (κ1) is 32.9. The van der Waals surface area contributed by atoms with Gasteiger partial charge in [-0.15, -0.1) is 0 Å². The Morgan fingerprint density at radius 1 is 0.242 bits per heavy atom. The molecule has 0 amide bonds. The van der Waals surface area contributed by atoms with E-state index < -0.39 is 65.2 Å². The molecule has 8 N–H and O–H groups in total. The van der Waals surface area contributed by atoms with Crippen molar-refractivity contribution in [2.75, 3.05) is 0 Å². The average molecular weight is 714 g/mol. The Bertz CT molecular complexity index is 1460. The summed E-state index contributed by atoms with van der Waals surface area (Å²) in [6, 6.07) is 0. The summed E-state index contributed by atoms with van der Waals surface area (Å²) in [7, 11) is -86.1. The summed E-state index contributed by atoms with van der Waals surface area (Å²) >= 11 is 0. The fourth-order valence-electron chi connectivity index (χ4n) is 5.27. The topological polar surface area (TPSA) is 435 Å². The van der Waals surface area contributed by atoms with Crippen LogP contribution in [0.4, 0.5) is 0 Å². The maximum atomic E-state index is 12.3. The average Bonchev–Trinajstić information content (AvgIpc) is 2.24. The van der Waals surface area contributed by atoms with Gasteiger partial charge in [0.1, 0.15) is 0 Å². The van der Waals surface area contributed by atoms with E-state index >= 15 is 0 Å². The molecular weight excluding hydrogens is 706 g/mol. The molecule has 0 radical (unpaired) electrons. The summed E-state index contributed by atoms with van der Waals surface area (Å²) in [4.78, 5) is 0. The molecule has 0 aliphatic heterocycles. The predicted octanol–water partition coefficient (Wildman–Crippen LogP) is -5.29. The van der Waals surface area contributed by atoms with Crippen LogP contribution in [0.5, 0.6) is 0 Å². The van der Waals surface area contributed by atoms with Gasteiger partial charge in [0.05, 0.1) is 0 Å². The van der Waals surface area contributed by atoms with Gasteiger partial charge in [0.2, 0.25) is 0 Å². The second-order valence-electron chi connectivity index (χ2n) is 7.96. The van der Waals surface area contributed by atoms with Crippen LogP contribution in [0.25, 0.3) is 0 Å². The van der Waals surface area contributed by atoms with Crippen LogP contribution >= 0.6 is 0 Å². The van der Waals surface area contributed by atoms with Crippen LogP contribution in [0.1, 0.15) is 0 Å². The third-order valence-corrected chi connectivity index (χ3v) is 390. The molecule has 0 aromatic heterocycles. The Hall–Kier alpha value is -0.0966. The molecule has 0 saturated heterocycles. The monoisotopic (exact) mass is 712 g/mol. The zero-order chi connectivity index (χ0) is 28.4. The van der Waals surface area contributed by atoms with Crippen molar-refractivity contribution < 1.29 is 104 Å². The molecule has 0 rings (SSSR count). The molecule has 0 fully saturated rings. The van der Waals surface area contributed by atoms with E-state index in [0.29, 0.717) is 0 Å². The van der Waals surface area contributed by atoms with Crippen molar-refractivity contribution in [1.82, 2.24) is 0 Å². The Morgan fingerprint density at radius 3 is 0.303 bits per heavy atom. The van der Waals surface area contributed by atoms with Gasteiger partial charge in [-0.1, -0.05) is 0 Å². The normalized spacial score (nSPS) is 21.1. The first-order valence-electron chi connectivity index (χ1n) is 6.44. The molecule has 0 atom stereocenters. The molecular formula is H8O24S8Zn. The third kappa shape index (κ3) is 1.01. The summed E-state index contributed by atoms with van der Waals surface area (Å²) in [5.41, 5.74) is 0. The predicted molar refractivity (Wildman–Crippen MR) is 92.4 cm³/mol. The van der Waals surface area contributed by atoms with Gasteiger partial charge in [0, 0.05) is 0 Å². The van der Waals surface area contributed by atoms with Gasteiger partial charge in [-0.3, -0.25) is 0 Å². The minimum atomic E-state index is -18.5. The quantitative estimate of drug-likeness (QED) is 0.0859. The summed E-state index contributed by atoms with van der Waals surface area (Å²) in [5.74, 6) is 0. The molecule has 0 bridgehead atoms. The Labute approximate surface area is 167 Å². The SMILES string of the molecule is O=[S](=O)(O)[Zn]([S](=O)(=O)O)([S](=O)(=O)O)([S](=O)(=O)O)([S](=O)(=O)O)([S](=O)(=O)O)([S](=O)(=O)O)[S](=O)(=O)O. The van der Waals surface area contributed by atoms with Crippen LogP contribution in [-0.2, 0) is 65.2 Å². The summed E-state index contributed by atoms with van der Waals surface area (Å²) in [5, 5.41) is 0. The van der Waals surface area contributed by atoms with Crippen molar-refractivity contribution in [3.8, 4) is 0 Å². The Balaban J connectivity index is 13.6. The van der Waals surface area contributed by atoms with Crippen LogP contribution in [-0.4, -0.2) is 104 Å². The maximum absolute atomic E-state index is 18.5. The van der Waals surface area contributed by atoms with Crippen LogP contribution in [0.15, 0.2) is 0 Å². The molecule has 0 aliphatic carbocycles. The fraction of sp³-hybridized carbons (Fsp3) is 0. The van der Waals surface area contributed by atoms with Gasteiger partial charge in [0.15, 0.2) is 0 Å². The van der Waals surface area contributed by atoms with Gasteiger partial charge in [-0.2, -0.15) is 0 Å².